The molecular formula is C21H18ClN5O5. The lowest BCUT2D eigenvalue weighted by molar-refractivity contribution is -0.136. The highest BCUT2D eigenvalue weighted by Crippen LogP contribution is 2.38. The average molecular weight is 456 g/mol. The van der Waals surface area contributed by atoms with Crippen LogP contribution in [-0.2, 0) is 9.53 Å². The molecule has 1 atom stereocenters. The predicted molar refractivity (Wildman–Crippen MR) is 114 cm³/mol. The van der Waals surface area contributed by atoms with Crippen LogP contribution < -0.4 is 14.8 Å². The van der Waals surface area contributed by atoms with E-state index >= 15 is 0 Å². The Kier molecular flexibility index (Phi) is 5.78. The molecule has 0 amide bonds. The minimum atomic E-state index is -0.812. The van der Waals surface area contributed by atoms with Crippen molar-refractivity contribution in [3.63, 3.8) is 0 Å². The summed E-state index contributed by atoms with van der Waals surface area (Å²) in [6.07, 6.45) is 0. The number of anilines is 1. The van der Waals surface area contributed by atoms with Crippen molar-refractivity contribution in [3.8, 4) is 11.5 Å². The molecule has 11 heteroatoms. The van der Waals surface area contributed by atoms with Crippen molar-refractivity contribution < 1.29 is 23.8 Å². The topological polar surface area (TPSA) is 117 Å². The molecule has 0 saturated carbocycles. The molecule has 1 N–H and O–H groups in total. The average Bonchev–Trinajstić information content (AvgIpc) is 3.30. The molecule has 2 heterocycles. The number of nitrogens with zero attached hydrogens (tertiary/aromatic N) is 4. The number of aromatic nitrogens is 4. The molecule has 0 fully saturated rings. The van der Waals surface area contributed by atoms with Gasteiger partial charge in [-0.2, -0.15) is 4.68 Å². The maximum atomic E-state index is 13.8. The highest BCUT2D eigenvalue weighted by molar-refractivity contribution is 6.30. The second-order valence-corrected chi connectivity index (χ2v) is 7.14. The van der Waals surface area contributed by atoms with E-state index in [1.54, 1.807) is 36.4 Å². The van der Waals surface area contributed by atoms with Crippen LogP contribution >= 0.6 is 11.6 Å². The second-order valence-electron chi connectivity index (χ2n) is 6.71. The van der Waals surface area contributed by atoms with Crippen LogP contribution in [0.15, 0.2) is 53.7 Å². The summed E-state index contributed by atoms with van der Waals surface area (Å²) >= 11 is 6.05. The molecule has 2 aromatic carbocycles. The van der Waals surface area contributed by atoms with Crippen molar-refractivity contribution in [2.45, 2.75) is 6.04 Å². The van der Waals surface area contributed by atoms with Gasteiger partial charge in [0.15, 0.2) is 17.3 Å². The first-order valence-electron chi connectivity index (χ1n) is 9.38. The third kappa shape index (κ3) is 3.65. The molecule has 0 spiro atoms. The first-order valence-corrected chi connectivity index (χ1v) is 9.75. The number of allylic oxidation sites excluding steroid dienone is 1. The number of esters is 1. The minimum Gasteiger partial charge on any atom is -0.493 e. The van der Waals surface area contributed by atoms with Crippen LogP contribution in [0.5, 0.6) is 11.5 Å². The number of rotatable bonds is 6. The number of halogens is 1. The zero-order valence-corrected chi connectivity index (χ0v) is 18.1. The SMILES string of the molecule is COC(=O)C1=C(C(=O)c2ccc(OC)c(OC)c2)[C@@H](c2ccc(Cl)cc2)n2nnnc2N1. The molecule has 32 heavy (non-hydrogen) atoms. The summed E-state index contributed by atoms with van der Waals surface area (Å²) in [6.45, 7) is 0. The molecule has 0 radical (unpaired) electrons. The van der Waals surface area contributed by atoms with E-state index < -0.39 is 17.8 Å². The molecule has 0 aliphatic carbocycles. The lowest BCUT2D eigenvalue weighted by Crippen LogP contribution is -2.32. The molecular weight excluding hydrogens is 438 g/mol. The van der Waals surface area contributed by atoms with Gasteiger partial charge in [0.05, 0.1) is 26.9 Å². The smallest absolute Gasteiger partial charge is 0.355 e. The van der Waals surface area contributed by atoms with Gasteiger partial charge in [0.25, 0.3) is 0 Å². The zero-order chi connectivity index (χ0) is 22.8. The Labute approximate surface area is 187 Å². The number of benzene rings is 2. The number of Topliss-reactive ketones (excluding diaryl/α,β-unsaturated/α-hetero) is 1. The molecule has 0 bridgehead atoms. The number of hydrogen-bond acceptors (Lipinski definition) is 9. The Hall–Kier alpha value is -3.92. The highest BCUT2D eigenvalue weighted by Gasteiger charge is 2.38. The Morgan fingerprint density at radius 3 is 2.41 bits per heavy atom. The molecule has 10 nitrogen and oxygen atoms in total. The van der Waals surface area contributed by atoms with Crippen molar-refractivity contribution >= 4 is 29.3 Å². The van der Waals surface area contributed by atoms with Gasteiger partial charge in [0.2, 0.25) is 5.95 Å². The Morgan fingerprint density at radius 2 is 1.75 bits per heavy atom. The van der Waals surface area contributed by atoms with Crippen LogP contribution in [0.25, 0.3) is 0 Å². The van der Waals surface area contributed by atoms with Crippen molar-refractivity contribution in [2.24, 2.45) is 0 Å². The van der Waals surface area contributed by atoms with Crippen LogP contribution in [0.2, 0.25) is 5.02 Å². The van der Waals surface area contributed by atoms with Gasteiger partial charge in [-0.3, -0.25) is 4.79 Å². The fourth-order valence-electron chi connectivity index (χ4n) is 3.47. The highest BCUT2D eigenvalue weighted by atomic mass is 35.5. The van der Waals surface area contributed by atoms with Crippen molar-refractivity contribution in [2.75, 3.05) is 26.6 Å². The van der Waals surface area contributed by atoms with Gasteiger partial charge in [-0.05, 0) is 46.3 Å². The third-order valence-corrected chi connectivity index (χ3v) is 5.23. The summed E-state index contributed by atoms with van der Waals surface area (Å²) in [5.41, 5.74) is 0.965. The first kappa shape index (κ1) is 21.3. The predicted octanol–water partition coefficient (Wildman–Crippen LogP) is 2.67. The van der Waals surface area contributed by atoms with E-state index in [1.807, 2.05) is 0 Å². The van der Waals surface area contributed by atoms with Crippen molar-refractivity contribution in [1.82, 2.24) is 20.2 Å². The van der Waals surface area contributed by atoms with Gasteiger partial charge in [0, 0.05) is 10.6 Å². The third-order valence-electron chi connectivity index (χ3n) is 4.98. The molecule has 0 unspecified atom stereocenters. The zero-order valence-electron chi connectivity index (χ0n) is 17.3. The van der Waals surface area contributed by atoms with Crippen LogP contribution in [0.3, 0.4) is 0 Å². The van der Waals surface area contributed by atoms with Crippen molar-refractivity contribution in [3.05, 3.63) is 69.9 Å². The maximum absolute atomic E-state index is 13.8. The first-order chi connectivity index (χ1) is 15.5. The fraction of sp³-hybridized carbons (Fsp3) is 0.190. The molecule has 1 aromatic heterocycles. The van der Waals surface area contributed by atoms with Gasteiger partial charge in [-0.15, -0.1) is 0 Å². The molecule has 3 aromatic rings. The fourth-order valence-corrected chi connectivity index (χ4v) is 3.60. The number of carbonyl (C=O) groups excluding carboxylic acids is 2. The number of ketones is 1. The number of methoxy groups -OCH3 is 3. The van der Waals surface area contributed by atoms with Crippen LogP contribution in [0.1, 0.15) is 22.0 Å². The summed E-state index contributed by atoms with van der Waals surface area (Å²) in [5, 5.41) is 14.9. The number of hydrogen-bond donors (Lipinski definition) is 1. The lowest BCUT2D eigenvalue weighted by atomic mass is 9.89. The summed E-state index contributed by atoms with van der Waals surface area (Å²) in [6, 6.07) is 10.8. The van der Waals surface area contributed by atoms with Gasteiger partial charge in [-0.1, -0.05) is 28.8 Å². The number of tetrazole rings is 1. The Bertz CT molecular complexity index is 1220. The summed E-state index contributed by atoms with van der Waals surface area (Å²) in [7, 11) is 4.19. The quantitative estimate of drug-likeness (QED) is 0.442. The molecule has 4 rings (SSSR count). The molecule has 1 aliphatic heterocycles. The normalized spacial score (nSPS) is 14.9. The number of ether oxygens (including phenoxy) is 3. The number of fused-ring (bicyclic) bond motifs is 1. The van der Waals surface area contributed by atoms with E-state index in [-0.39, 0.29) is 22.8 Å². The van der Waals surface area contributed by atoms with Gasteiger partial charge in [0.1, 0.15) is 11.7 Å². The summed E-state index contributed by atoms with van der Waals surface area (Å²) in [5.74, 6) is -0.158. The van der Waals surface area contributed by atoms with E-state index in [9.17, 15) is 9.59 Å². The Morgan fingerprint density at radius 1 is 1.03 bits per heavy atom. The van der Waals surface area contributed by atoms with E-state index in [2.05, 4.69) is 20.8 Å². The minimum absolute atomic E-state index is 0.0606. The van der Waals surface area contributed by atoms with Gasteiger partial charge >= 0.3 is 5.97 Å². The number of carbonyl (C=O) groups is 2. The van der Waals surface area contributed by atoms with Crippen LogP contribution in [0, 0.1) is 0 Å². The summed E-state index contributed by atoms with van der Waals surface area (Å²) < 4.78 is 16.9. The van der Waals surface area contributed by atoms with Crippen LogP contribution in [0.4, 0.5) is 5.95 Å². The maximum Gasteiger partial charge on any atom is 0.355 e. The van der Waals surface area contributed by atoms with E-state index in [4.69, 9.17) is 25.8 Å². The largest absolute Gasteiger partial charge is 0.493 e. The van der Waals surface area contributed by atoms with Gasteiger partial charge in [-0.25, -0.2) is 4.79 Å². The standard InChI is InChI=1S/C21H18ClN5O5/c1-30-14-9-6-12(10-15(14)31-2)19(28)16-17(20(29)32-3)23-21-24-25-26-27(21)18(16)11-4-7-13(22)8-5-11/h4-10,18H,1-3H3,(H,23,24,26)/t18-/m1/s1. The monoisotopic (exact) mass is 455 g/mol. The molecule has 1 aliphatic rings. The number of nitrogens with one attached hydrogen (secondary N) is 1. The second kappa shape index (κ2) is 8.67. The van der Waals surface area contributed by atoms with Crippen molar-refractivity contribution in [1.29, 1.82) is 0 Å². The Balaban J connectivity index is 1.93. The van der Waals surface area contributed by atoms with E-state index in [0.29, 0.717) is 22.1 Å². The van der Waals surface area contributed by atoms with E-state index in [0.717, 1.165) is 0 Å². The van der Waals surface area contributed by atoms with E-state index in [1.165, 1.54) is 32.1 Å². The van der Waals surface area contributed by atoms with Crippen LogP contribution in [-0.4, -0.2) is 53.3 Å². The van der Waals surface area contributed by atoms with Gasteiger partial charge < -0.3 is 19.5 Å². The summed E-state index contributed by atoms with van der Waals surface area (Å²) in [4.78, 5) is 26.4. The molecule has 0 saturated heterocycles. The lowest BCUT2D eigenvalue weighted by Gasteiger charge is -2.28. The molecule has 164 valence electrons.